The smallest absolute Gasteiger partial charge is 0.245 e. The van der Waals surface area contributed by atoms with Crippen LogP contribution >= 0.6 is 31.9 Å². The summed E-state index contributed by atoms with van der Waals surface area (Å²) in [5.41, 5.74) is 0.206. The molecule has 1 heterocycles. The molecule has 0 bridgehead atoms. The van der Waals surface area contributed by atoms with Gasteiger partial charge in [0.15, 0.2) is 0 Å². The lowest BCUT2D eigenvalue weighted by Crippen LogP contribution is -2.46. The Hall–Kier alpha value is -0.210. The molecule has 0 aromatic heterocycles. The van der Waals surface area contributed by atoms with Crippen molar-refractivity contribution in [1.29, 1.82) is 0 Å². The van der Waals surface area contributed by atoms with Gasteiger partial charge in [-0.2, -0.15) is 0 Å². The van der Waals surface area contributed by atoms with Crippen molar-refractivity contribution in [3.63, 3.8) is 0 Å². The van der Waals surface area contributed by atoms with E-state index in [-0.39, 0.29) is 15.7 Å². The van der Waals surface area contributed by atoms with E-state index >= 15 is 0 Å². The van der Waals surface area contributed by atoms with Gasteiger partial charge in [0.1, 0.15) is 11.1 Å². The second-order valence-corrected chi connectivity index (χ2v) is 11.8. The Bertz CT molecular complexity index is 678. The Morgan fingerprint density at radius 2 is 1.80 bits per heavy atom. The van der Waals surface area contributed by atoms with Gasteiger partial charge in [0.2, 0.25) is 15.9 Å². The van der Waals surface area contributed by atoms with Gasteiger partial charge in [-0.25, -0.2) is 17.1 Å². The molecule has 25 heavy (non-hydrogen) atoms. The van der Waals surface area contributed by atoms with E-state index in [1.807, 2.05) is 13.8 Å². The monoisotopic (exact) mass is 501 g/mol. The molecular weight excluding hydrogens is 477 g/mol. The van der Waals surface area contributed by atoms with Crippen LogP contribution in [0.25, 0.3) is 0 Å². The summed E-state index contributed by atoms with van der Waals surface area (Å²) >= 11 is 6.70. The molecule has 1 fully saturated rings. The van der Waals surface area contributed by atoms with Gasteiger partial charge in [-0.3, -0.25) is 4.79 Å². The summed E-state index contributed by atoms with van der Waals surface area (Å²) in [4.78, 5) is 12.2. The van der Waals surface area contributed by atoms with Crippen LogP contribution < -0.4 is 0 Å². The Kier molecular flexibility index (Phi) is 7.90. The van der Waals surface area contributed by atoms with Crippen LogP contribution in [0.1, 0.15) is 60.3 Å². The molecule has 1 unspecified atom stereocenters. The Morgan fingerprint density at radius 1 is 1.24 bits per heavy atom. The molecule has 1 aliphatic heterocycles. The summed E-state index contributed by atoms with van der Waals surface area (Å²) in [5.74, 6) is -0.992. The van der Waals surface area contributed by atoms with Crippen molar-refractivity contribution >= 4 is 47.8 Å². The molecule has 1 amide bonds. The average Bonchev–Trinajstić information content (AvgIpc) is 2.61. The molecule has 8 heteroatoms. The lowest BCUT2D eigenvalue weighted by Gasteiger charge is -2.31. The standard InChI is InChI=1S/C15H20Br2FNO3S.C2H6/c1-15(2,3)19-13(20)8-12(23(19,21)22)10-6-4-5-9(14(16)17)7-11(10)18;1-2/h7,12,14H,4-6,8H2,1-3H3;1-2H3. The van der Waals surface area contributed by atoms with Crippen molar-refractivity contribution in [3.05, 3.63) is 23.0 Å². The normalized spacial score (nSPS) is 24.0. The number of alkyl halides is 2. The van der Waals surface area contributed by atoms with E-state index in [4.69, 9.17) is 0 Å². The first-order valence-electron chi connectivity index (χ1n) is 8.40. The summed E-state index contributed by atoms with van der Waals surface area (Å²) in [6, 6.07) is 0. The maximum absolute atomic E-state index is 14.6. The average molecular weight is 503 g/mol. The van der Waals surface area contributed by atoms with E-state index in [1.54, 1.807) is 20.8 Å². The zero-order valence-corrected chi connectivity index (χ0v) is 19.3. The third-order valence-corrected chi connectivity index (χ3v) is 7.62. The van der Waals surface area contributed by atoms with Crippen LogP contribution in [-0.4, -0.2) is 33.2 Å². The number of nitrogens with zero attached hydrogens (tertiary/aromatic N) is 1. The van der Waals surface area contributed by atoms with Crippen LogP contribution in [0, 0.1) is 0 Å². The van der Waals surface area contributed by atoms with Crippen LogP contribution in [0.4, 0.5) is 4.39 Å². The van der Waals surface area contributed by atoms with E-state index in [1.165, 1.54) is 6.08 Å². The van der Waals surface area contributed by atoms with Gasteiger partial charge in [0, 0.05) is 0 Å². The molecule has 0 aromatic rings. The lowest BCUT2D eigenvalue weighted by atomic mass is 10.0. The van der Waals surface area contributed by atoms with Crippen molar-refractivity contribution < 1.29 is 17.6 Å². The molecule has 0 spiro atoms. The highest BCUT2D eigenvalue weighted by atomic mass is 79.9. The highest BCUT2D eigenvalue weighted by Crippen LogP contribution is 2.39. The van der Waals surface area contributed by atoms with Crippen LogP contribution in [0.5, 0.6) is 0 Å². The third-order valence-electron chi connectivity index (χ3n) is 4.01. The molecule has 2 aliphatic rings. The lowest BCUT2D eigenvalue weighted by molar-refractivity contribution is -0.127. The topological polar surface area (TPSA) is 54.5 Å². The Morgan fingerprint density at radius 3 is 2.24 bits per heavy atom. The third kappa shape index (κ3) is 4.95. The van der Waals surface area contributed by atoms with Gasteiger partial charge < -0.3 is 0 Å². The summed E-state index contributed by atoms with van der Waals surface area (Å²) in [6.07, 6.45) is 2.86. The van der Waals surface area contributed by atoms with Crippen LogP contribution in [0.3, 0.4) is 0 Å². The number of allylic oxidation sites excluding steroid dienone is 3. The van der Waals surface area contributed by atoms with Crippen molar-refractivity contribution in [2.24, 2.45) is 0 Å². The van der Waals surface area contributed by atoms with Crippen molar-refractivity contribution in [1.82, 2.24) is 4.31 Å². The molecular formula is C17H26Br2FNO3S. The van der Waals surface area contributed by atoms with Gasteiger partial charge in [-0.05, 0) is 57.3 Å². The maximum atomic E-state index is 14.6. The molecule has 1 atom stereocenters. The number of carbonyl (C=O) groups excluding carboxylic acids is 1. The molecule has 144 valence electrons. The minimum atomic E-state index is -3.89. The first kappa shape index (κ1) is 22.8. The van der Waals surface area contributed by atoms with Crippen LogP contribution in [-0.2, 0) is 14.8 Å². The quantitative estimate of drug-likeness (QED) is 0.488. The summed E-state index contributed by atoms with van der Waals surface area (Å²) in [7, 11) is -3.89. The van der Waals surface area contributed by atoms with E-state index in [2.05, 4.69) is 31.9 Å². The number of amides is 1. The highest BCUT2D eigenvalue weighted by molar-refractivity contribution is 9.24. The molecule has 0 N–H and O–H groups in total. The van der Waals surface area contributed by atoms with Crippen molar-refractivity contribution in [2.45, 2.75) is 74.8 Å². The van der Waals surface area contributed by atoms with Crippen LogP contribution in [0.15, 0.2) is 23.0 Å². The number of hydrogen-bond acceptors (Lipinski definition) is 3. The van der Waals surface area contributed by atoms with E-state index in [9.17, 15) is 17.6 Å². The number of carbonyl (C=O) groups is 1. The molecule has 0 aromatic carbocycles. The van der Waals surface area contributed by atoms with Gasteiger partial charge in [-0.15, -0.1) is 0 Å². The summed E-state index contributed by atoms with van der Waals surface area (Å²) in [6.45, 7) is 9.00. The first-order valence-corrected chi connectivity index (χ1v) is 11.7. The van der Waals surface area contributed by atoms with E-state index in [0.717, 1.165) is 9.88 Å². The highest BCUT2D eigenvalue weighted by Gasteiger charge is 2.51. The predicted molar refractivity (Wildman–Crippen MR) is 107 cm³/mol. The van der Waals surface area contributed by atoms with Gasteiger partial charge in [0.25, 0.3) is 0 Å². The molecule has 0 saturated carbocycles. The predicted octanol–water partition coefficient (Wildman–Crippen LogP) is 5.19. The molecule has 1 saturated heterocycles. The fourth-order valence-corrected chi connectivity index (χ4v) is 6.13. The minimum Gasteiger partial charge on any atom is -0.274 e. The van der Waals surface area contributed by atoms with E-state index in [0.29, 0.717) is 19.3 Å². The summed E-state index contributed by atoms with van der Waals surface area (Å²) < 4.78 is 41.0. The zero-order chi connectivity index (χ0) is 19.6. The SMILES string of the molecule is CC.CC(C)(C)N1C(=O)CC(C2=C(F)C=C(C(Br)Br)CCC2)S1(=O)=O. The molecule has 2 rings (SSSR count). The van der Waals surface area contributed by atoms with Crippen LogP contribution in [0.2, 0.25) is 0 Å². The number of hydrogen-bond donors (Lipinski definition) is 0. The van der Waals surface area contributed by atoms with Gasteiger partial charge in [0.05, 0.1) is 15.7 Å². The van der Waals surface area contributed by atoms with Crippen molar-refractivity contribution in [2.75, 3.05) is 0 Å². The summed E-state index contributed by atoms with van der Waals surface area (Å²) in [5, 5.41) is -1.09. The Labute approximate surface area is 167 Å². The van der Waals surface area contributed by atoms with Gasteiger partial charge >= 0.3 is 0 Å². The molecule has 4 nitrogen and oxygen atoms in total. The number of sulfonamides is 1. The minimum absolute atomic E-state index is 0.145. The second-order valence-electron chi connectivity index (χ2n) is 6.81. The second kappa shape index (κ2) is 8.65. The number of rotatable bonds is 2. The molecule has 1 aliphatic carbocycles. The van der Waals surface area contributed by atoms with Crippen molar-refractivity contribution in [3.8, 4) is 0 Å². The zero-order valence-electron chi connectivity index (χ0n) is 15.3. The van der Waals surface area contributed by atoms with E-state index < -0.39 is 32.5 Å². The molecule has 0 radical (unpaired) electrons. The first-order chi connectivity index (χ1) is 11.5. The fourth-order valence-electron chi connectivity index (χ4n) is 3.09. The van der Waals surface area contributed by atoms with Gasteiger partial charge in [-0.1, -0.05) is 45.7 Å². The maximum Gasteiger partial charge on any atom is 0.245 e. The fraction of sp³-hybridized carbons (Fsp3) is 0.706. The largest absolute Gasteiger partial charge is 0.274 e. The Balaban J connectivity index is 0.00000151. The number of halogens is 3.